The molecule has 2 aromatic carbocycles. The van der Waals surface area contributed by atoms with Crippen molar-refractivity contribution < 1.29 is 4.39 Å². The zero-order valence-corrected chi connectivity index (χ0v) is 14.0. The second-order valence-corrected chi connectivity index (χ2v) is 5.94. The standard InChI is InChI=1S/C16H16BrFN2S/c1-2-15(11-3-5-12(17)6-4-11)20-16(21)19-14-9-7-13(18)8-10-14/h3-10,15H,2H2,1H3,(H2,19,20,21)/t15-/m0/s1. The number of hydrogen-bond acceptors (Lipinski definition) is 1. The van der Waals surface area contributed by atoms with E-state index in [-0.39, 0.29) is 11.9 Å². The number of rotatable bonds is 4. The Morgan fingerprint density at radius 3 is 2.33 bits per heavy atom. The number of nitrogens with one attached hydrogen (secondary N) is 2. The van der Waals surface area contributed by atoms with Gasteiger partial charge in [-0.25, -0.2) is 4.39 Å². The average Bonchev–Trinajstić information content (AvgIpc) is 2.48. The SMILES string of the molecule is CC[C@H](NC(=S)Nc1ccc(F)cc1)c1ccc(Br)cc1. The van der Waals surface area contributed by atoms with Crippen LogP contribution in [0.5, 0.6) is 0 Å². The highest BCUT2D eigenvalue weighted by molar-refractivity contribution is 9.10. The second-order valence-electron chi connectivity index (χ2n) is 4.62. The van der Waals surface area contributed by atoms with Gasteiger partial charge in [-0.2, -0.15) is 0 Å². The summed E-state index contributed by atoms with van der Waals surface area (Å²) in [5.41, 5.74) is 1.93. The lowest BCUT2D eigenvalue weighted by molar-refractivity contribution is 0.627. The Bertz CT molecular complexity index is 599. The predicted molar refractivity (Wildman–Crippen MR) is 92.9 cm³/mol. The van der Waals surface area contributed by atoms with E-state index in [1.54, 1.807) is 12.1 Å². The van der Waals surface area contributed by atoms with Gasteiger partial charge in [0.05, 0.1) is 6.04 Å². The van der Waals surface area contributed by atoms with E-state index in [0.29, 0.717) is 5.11 Å². The molecule has 2 nitrogen and oxygen atoms in total. The van der Waals surface area contributed by atoms with Crippen LogP contribution in [0.25, 0.3) is 0 Å². The van der Waals surface area contributed by atoms with E-state index in [0.717, 1.165) is 16.6 Å². The Morgan fingerprint density at radius 1 is 1.14 bits per heavy atom. The second kappa shape index (κ2) is 7.52. The molecule has 0 aliphatic carbocycles. The Morgan fingerprint density at radius 2 is 1.76 bits per heavy atom. The maximum atomic E-state index is 12.9. The molecule has 0 unspecified atom stereocenters. The minimum absolute atomic E-state index is 0.138. The van der Waals surface area contributed by atoms with Crippen LogP contribution >= 0.6 is 28.1 Å². The molecule has 0 saturated carbocycles. The van der Waals surface area contributed by atoms with E-state index in [4.69, 9.17) is 12.2 Å². The number of thiocarbonyl (C=S) groups is 1. The fraction of sp³-hybridized carbons (Fsp3) is 0.188. The van der Waals surface area contributed by atoms with Crippen LogP contribution in [0.1, 0.15) is 24.9 Å². The van der Waals surface area contributed by atoms with E-state index in [9.17, 15) is 4.39 Å². The van der Waals surface area contributed by atoms with Crippen LogP contribution in [0.3, 0.4) is 0 Å². The lowest BCUT2D eigenvalue weighted by atomic mass is 10.1. The predicted octanol–water partition coefficient (Wildman–Crippen LogP) is 5.03. The first-order chi connectivity index (χ1) is 10.1. The van der Waals surface area contributed by atoms with E-state index >= 15 is 0 Å². The summed E-state index contributed by atoms with van der Waals surface area (Å²) in [6.07, 6.45) is 0.910. The highest BCUT2D eigenvalue weighted by Gasteiger charge is 2.10. The van der Waals surface area contributed by atoms with Crippen molar-refractivity contribution in [1.29, 1.82) is 0 Å². The van der Waals surface area contributed by atoms with Crippen LogP contribution in [0.15, 0.2) is 53.0 Å². The Hall–Kier alpha value is -1.46. The molecule has 2 rings (SSSR count). The lowest BCUT2D eigenvalue weighted by Gasteiger charge is -2.20. The number of halogens is 2. The highest BCUT2D eigenvalue weighted by atomic mass is 79.9. The molecule has 0 spiro atoms. The molecule has 0 aliphatic rings. The quantitative estimate of drug-likeness (QED) is 0.742. The van der Waals surface area contributed by atoms with Crippen molar-refractivity contribution in [3.05, 3.63) is 64.4 Å². The molecule has 2 N–H and O–H groups in total. The Labute approximate surface area is 137 Å². The van der Waals surface area contributed by atoms with Gasteiger partial charge in [-0.15, -0.1) is 0 Å². The molecule has 0 fully saturated rings. The van der Waals surface area contributed by atoms with Gasteiger partial charge in [-0.3, -0.25) is 0 Å². The number of benzene rings is 2. The van der Waals surface area contributed by atoms with Crippen molar-refractivity contribution in [1.82, 2.24) is 5.32 Å². The first-order valence-electron chi connectivity index (χ1n) is 6.67. The summed E-state index contributed by atoms with van der Waals surface area (Å²) < 4.78 is 13.9. The van der Waals surface area contributed by atoms with Crippen LogP contribution < -0.4 is 10.6 Å². The zero-order valence-electron chi connectivity index (χ0n) is 11.6. The van der Waals surface area contributed by atoms with Crippen LogP contribution in [-0.4, -0.2) is 5.11 Å². The lowest BCUT2D eigenvalue weighted by Crippen LogP contribution is -2.32. The third-order valence-electron chi connectivity index (χ3n) is 3.09. The van der Waals surface area contributed by atoms with Crippen LogP contribution in [0, 0.1) is 5.82 Å². The van der Waals surface area contributed by atoms with E-state index in [1.807, 2.05) is 12.1 Å². The molecular weight excluding hydrogens is 351 g/mol. The number of anilines is 1. The molecule has 0 amide bonds. The third kappa shape index (κ3) is 4.79. The van der Waals surface area contributed by atoms with E-state index in [1.165, 1.54) is 17.7 Å². The maximum absolute atomic E-state index is 12.9. The molecule has 21 heavy (non-hydrogen) atoms. The summed E-state index contributed by atoms with van der Waals surface area (Å²) in [5.74, 6) is -0.263. The van der Waals surface area contributed by atoms with Crippen molar-refractivity contribution >= 4 is 38.9 Å². The van der Waals surface area contributed by atoms with Crippen molar-refractivity contribution in [2.24, 2.45) is 0 Å². The highest BCUT2D eigenvalue weighted by Crippen LogP contribution is 2.19. The minimum atomic E-state index is -0.263. The van der Waals surface area contributed by atoms with E-state index < -0.39 is 0 Å². The van der Waals surface area contributed by atoms with Gasteiger partial charge in [-0.1, -0.05) is 35.0 Å². The van der Waals surface area contributed by atoms with Crippen molar-refractivity contribution in [2.75, 3.05) is 5.32 Å². The summed E-state index contributed by atoms with van der Waals surface area (Å²) in [6, 6.07) is 14.4. The van der Waals surface area contributed by atoms with Crippen LogP contribution in [0.4, 0.5) is 10.1 Å². The molecule has 5 heteroatoms. The summed E-state index contributed by atoms with van der Waals surface area (Å²) in [6.45, 7) is 2.10. The minimum Gasteiger partial charge on any atom is -0.356 e. The monoisotopic (exact) mass is 366 g/mol. The largest absolute Gasteiger partial charge is 0.356 e. The molecule has 0 heterocycles. The van der Waals surface area contributed by atoms with Gasteiger partial charge in [0.15, 0.2) is 5.11 Å². The van der Waals surface area contributed by atoms with E-state index in [2.05, 4.69) is 45.6 Å². The summed E-state index contributed by atoms with van der Waals surface area (Å²) in [5, 5.41) is 6.86. The van der Waals surface area contributed by atoms with Gasteiger partial charge in [0, 0.05) is 10.2 Å². The van der Waals surface area contributed by atoms with Crippen molar-refractivity contribution in [3.8, 4) is 0 Å². The Balaban J connectivity index is 1.99. The summed E-state index contributed by atoms with van der Waals surface area (Å²) in [4.78, 5) is 0. The Kier molecular flexibility index (Phi) is 5.70. The summed E-state index contributed by atoms with van der Waals surface area (Å²) >= 11 is 8.74. The molecule has 110 valence electrons. The fourth-order valence-electron chi connectivity index (χ4n) is 1.97. The number of hydrogen-bond donors (Lipinski definition) is 2. The molecule has 0 aromatic heterocycles. The molecule has 2 aromatic rings. The fourth-order valence-corrected chi connectivity index (χ4v) is 2.50. The first kappa shape index (κ1) is 15.9. The van der Waals surface area contributed by atoms with Gasteiger partial charge in [0.1, 0.15) is 5.82 Å². The topological polar surface area (TPSA) is 24.1 Å². The molecule has 0 bridgehead atoms. The zero-order chi connectivity index (χ0) is 15.2. The molecule has 0 saturated heterocycles. The maximum Gasteiger partial charge on any atom is 0.171 e. The van der Waals surface area contributed by atoms with Crippen molar-refractivity contribution in [2.45, 2.75) is 19.4 Å². The van der Waals surface area contributed by atoms with Gasteiger partial charge < -0.3 is 10.6 Å². The smallest absolute Gasteiger partial charge is 0.171 e. The molecule has 0 radical (unpaired) electrons. The summed E-state index contributed by atoms with van der Waals surface area (Å²) in [7, 11) is 0. The van der Waals surface area contributed by atoms with Gasteiger partial charge in [0.2, 0.25) is 0 Å². The third-order valence-corrected chi connectivity index (χ3v) is 3.84. The van der Waals surface area contributed by atoms with Crippen molar-refractivity contribution in [3.63, 3.8) is 0 Å². The molecule has 0 aliphatic heterocycles. The van der Waals surface area contributed by atoms with Gasteiger partial charge >= 0.3 is 0 Å². The normalized spacial score (nSPS) is 11.8. The first-order valence-corrected chi connectivity index (χ1v) is 7.87. The van der Waals surface area contributed by atoms with Gasteiger partial charge in [-0.05, 0) is 60.6 Å². The molecular formula is C16H16BrFN2S. The average molecular weight is 367 g/mol. The van der Waals surface area contributed by atoms with Crippen LogP contribution in [0.2, 0.25) is 0 Å². The van der Waals surface area contributed by atoms with Gasteiger partial charge in [0.25, 0.3) is 0 Å². The molecule has 1 atom stereocenters. The van der Waals surface area contributed by atoms with Crippen LogP contribution in [-0.2, 0) is 0 Å².